The molecule has 2 fully saturated rings. The van der Waals surface area contributed by atoms with Crippen molar-refractivity contribution in [2.45, 2.75) is 4.90 Å². The van der Waals surface area contributed by atoms with Gasteiger partial charge in [-0.3, -0.25) is 10.1 Å². The van der Waals surface area contributed by atoms with Gasteiger partial charge in [-0.25, -0.2) is 18.2 Å². The van der Waals surface area contributed by atoms with Gasteiger partial charge in [0.05, 0.1) is 17.2 Å². The molecule has 1 aromatic heterocycles. The largest absolute Gasteiger partial charge is 0.475 e. The fourth-order valence-electron chi connectivity index (χ4n) is 3.45. The monoisotopic (exact) mass is 488 g/mol. The molecule has 2 aliphatic rings. The van der Waals surface area contributed by atoms with Crippen LogP contribution in [0.2, 0.25) is 0 Å². The molecule has 2 N–H and O–H groups in total. The van der Waals surface area contributed by atoms with E-state index in [9.17, 15) is 18.0 Å². The molecule has 0 aliphatic carbocycles. The van der Waals surface area contributed by atoms with Gasteiger partial charge in [0.15, 0.2) is 0 Å². The first-order chi connectivity index (χ1) is 16.4. The summed E-state index contributed by atoms with van der Waals surface area (Å²) in [5.74, 6) is 0.0213. The number of hydrogen-bond donors (Lipinski definition) is 2. The van der Waals surface area contributed by atoms with E-state index in [1.165, 1.54) is 10.4 Å². The summed E-state index contributed by atoms with van der Waals surface area (Å²) in [5, 5.41) is 4.55. The third-order valence-corrected chi connectivity index (χ3v) is 7.08. The number of ether oxygens (including phenoxy) is 2. The SMILES string of the molecule is COCCOc1cc(C=C2NC(=O)NC2=O)nc(N2CCN(S(=O)(=O)c3ccccc3)CC2)n1. The second kappa shape index (κ2) is 10.2. The minimum atomic E-state index is -3.59. The molecule has 2 aromatic rings. The standard InChI is InChI=1S/C21H24N6O6S/c1-32-11-12-33-18-14-15(13-17-19(28)25-21(29)23-17)22-20(24-18)26-7-9-27(10-8-26)34(30,31)16-5-3-2-4-6-16/h2-6,13-14H,7-12H2,1H3,(H2,23,25,28,29). The van der Waals surface area contributed by atoms with Crippen molar-refractivity contribution in [1.82, 2.24) is 24.9 Å². The highest BCUT2D eigenvalue weighted by Gasteiger charge is 2.30. The lowest BCUT2D eigenvalue weighted by Gasteiger charge is -2.34. The zero-order valence-corrected chi connectivity index (χ0v) is 19.2. The van der Waals surface area contributed by atoms with Gasteiger partial charge in [0.25, 0.3) is 5.91 Å². The van der Waals surface area contributed by atoms with E-state index in [1.807, 2.05) is 4.90 Å². The minimum Gasteiger partial charge on any atom is -0.475 e. The van der Waals surface area contributed by atoms with Crippen molar-refractivity contribution in [2.24, 2.45) is 0 Å². The van der Waals surface area contributed by atoms with Gasteiger partial charge in [0, 0.05) is 39.4 Å². The van der Waals surface area contributed by atoms with E-state index in [0.29, 0.717) is 31.3 Å². The molecule has 3 amide bonds. The van der Waals surface area contributed by atoms with E-state index in [4.69, 9.17) is 9.47 Å². The lowest BCUT2D eigenvalue weighted by Crippen LogP contribution is -2.49. The number of rotatable bonds is 8. The molecule has 0 radical (unpaired) electrons. The number of amides is 3. The maximum Gasteiger partial charge on any atom is 0.326 e. The van der Waals surface area contributed by atoms with Crippen molar-refractivity contribution in [3.05, 3.63) is 47.8 Å². The van der Waals surface area contributed by atoms with Crippen LogP contribution in [-0.2, 0) is 19.6 Å². The Labute approximate surface area is 196 Å². The van der Waals surface area contributed by atoms with E-state index < -0.39 is 22.0 Å². The highest BCUT2D eigenvalue weighted by Crippen LogP contribution is 2.22. The third-order valence-electron chi connectivity index (χ3n) is 5.16. The molecule has 1 aromatic carbocycles. The zero-order chi connectivity index (χ0) is 24.1. The number of carbonyl (C=O) groups excluding carboxylic acids is 2. The smallest absolute Gasteiger partial charge is 0.326 e. The summed E-state index contributed by atoms with van der Waals surface area (Å²) in [5.41, 5.74) is 0.403. The molecule has 34 heavy (non-hydrogen) atoms. The number of imide groups is 1. The first-order valence-corrected chi connectivity index (χ1v) is 12.0. The summed E-state index contributed by atoms with van der Waals surface area (Å²) < 4.78 is 37.9. The molecule has 0 atom stereocenters. The van der Waals surface area contributed by atoms with Gasteiger partial charge in [-0.2, -0.15) is 9.29 Å². The summed E-state index contributed by atoms with van der Waals surface area (Å²) in [6.45, 7) is 1.84. The molecular formula is C21H24N6O6S. The van der Waals surface area contributed by atoms with Crippen LogP contribution in [0.25, 0.3) is 6.08 Å². The van der Waals surface area contributed by atoms with E-state index in [-0.39, 0.29) is 36.2 Å². The molecule has 2 saturated heterocycles. The molecule has 4 rings (SSSR count). The Balaban J connectivity index is 1.54. The van der Waals surface area contributed by atoms with Crippen LogP contribution in [0.3, 0.4) is 0 Å². The van der Waals surface area contributed by atoms with Gasteiger partial charge in [-0.1, -0.05) is 18.2 Å². The van der Waals surface area contributed by atoms with Gasteiger partial charge < -0.3 is 19.7 Å². The highest BCUT2D eigenvalue weighted by molar-refractivity contribution is 7.89. The number of sulfonamides is 1. The Bertz CT molecular complexity index is 1200. The first kappa shape index (κ1) is 23.6. The van der Waals surface area contributed by atoms with Crippen LogP contribution in [0.4, 0.5) is 10.7 Å². The van der Waals surface area contributed by atoms with Crippen molar-refractivity contribution in [3.8, 4) is 5.88 Å². The number of piperazine rings is 1. The normalized spacial score (nSPS) is 18.1. The van der Waals surface area contributed by atoms with Crippen LogP contribution in [0.1, 0.15) is 5.69 Å². The van der Waals surface area contributed by atoms with Crippen molar-refractivity contribution in [1.29, 1.82) is 0 Å². The van der Waals surface area contributed by atoms with Gasteiger partial charge in [0.1, 0.15) is 12.3 Å². The Morgan fingerprint density at radius 3 is 2.41 bits per heavy atom. The second-order valence-electron chi connectivity index (χ2n) is 7.44. The van der Waals surface area contributed by atoms with Crippen LogP contribution >= 0.6 is 0 Å². The van der Waals surface area contributed by atoms with Crippen LogP contribution < -0.4 is 20.3 Å². The molecular weight excluding hydrogens is 464 g/mol. The number of urea groups is 1. The Hall–Kier alpha value is -3.55. The van der Waals surface area contributed by atoms with Gasteiger partial charge in [-0.05, 0) is 18.2 Å². The number of anilines is 1. The second-order valence-corrected chi connectivity index (χ2v) is 9.38. The molecule has 0 bridgehead atoms. The predicted octanol–water partition coefficient (Wildman–Crippen LogP) is 0.193. The number of nitrogens with zero attached hydrogens (tertiary/aromatic N) is 4. The van der Waals surface area contributed by atoms with Crippen molar-refractivity contribution >= 4 is 34.0 Å². The Morgan fingerprint density at radius 1 is 1.03 bits per heavy atom. The number of benzene rings is 1. The van der Waals surface area contributed by atoms with Gasteiger partial charge in [0.2, 0.25) is 21.9 Å². The highest BCUT2D eigenvalue weighted by atomic mass is 32.2. The van der Waals surface area contributed by atoms with Gasteiger partial charge in [-0.15, -0.1) is 0 Å². The van der Waals surface area contributed by atoms with E-state index in [2.05, 4.69) is 20.6 Å². The third kappa shape index (κ3) is 5.32. The van der Waals surface area contributed by atoms with Crippen molar-refractivity contribution in [3.63, 3.8) is 0 Å². The number of aromatic nitrogens is 2. The van der Waals surface area contributed by atoms with E-state index >= 15 is 0 Å². The number of carbonyl (C=O) groups is 2. The van der Waals surface area contributed by atoms with E-state index in [1.54, 1.807) is 43.5 Å². The number of nitrogens with one attached hydrogen (secondary N) is 2. The lowest BCUT2D eigenvalue weighted by molar-refractivity contribution is -0.115. The van der Waals surface area contributed by atoms with Gasteiger partial charge >= 0.3 is 6.03 Å². The predicted molar refractivity (Wildman–Crippen MR) is 121 cm³/mol. The summed E-state index contributed by atoms with van der Waals surface area (Å²) in [4.78, 5) is 34.3. The molecule has 0 unspecified atom stereocenters. The fourth-order valence-corrected chi connectivity index (χ4v) is 4.89. The average molecular weight is 489 g/mol. The molecule has 180 valence electrons. The quantitative estimate of drug-likeness (QED) is 0.302. The van der Waals surface area contributed by atoms with Crippen LogP contribution in [0, 0.1) is 0 Å². The number of methoxy groups -OCH3 is 1. The molecule has 13 heteroatoms. The molecule has 0 spiro atoms. The summed E-state index contributed by atoms with van der Waals surface area (Å²) in [7, 11) is -2.04. The van der Waals surface area contributed by atoms with Crippen LogP contribution in [0.5, 0.6) is 5.88 Å². The maximum absolute atomic E-state index is 12.9. The molecule has 0 saturated carbocycles. The summed E-state index contributed by atoms with van der Waals surface area (Å²) >= 11 is 0. The van der Waals surface area contributed by atoms with E-state index in [0.717, 1.165) is 0 Å². The van der Waals surface area contributed by atoms with Crippen molar-refractivity contribution in [2.75, 3.05) is 51.4 Å². The molecule has 12 nitrogen and oxygen atoms in total. The number of hydrogen-bond acceptors (Lipinski definition) is 9. The minimum absolute atomic E-state index is 0.0521. The Kier molecular flexibility index (Phi) is 7.05. The van der Waals surface area contributed by atoms with Crippen LogP contribution in [0.15, 0.2) is 47.0 Å². The molecule has 3 heterocycles. The zero-order valence-electron chi connectivity index (χ0n) is 18.4. The Morgan fingerprint density at radius 2 is 1.76 bits per heavy atom. The summed E-state index contributed by atoms with van der Waals surface area (Å²) in [6.07, 6.45) is 1.42. The maximum atomic E-state index is 12.9. The lowest BCUT2D eigenvalue weighted by atomic mass is 10.3. The summed E-state index contributed by atoms with van der Waals surface area (Å²) in [6, 6.07) is 9.22. The fraction of sp³-hybridized carbons (Fsp3) is 0.333. The average Bonchev–Trinajstić information content (AvgIpc) is 3.16. The van der Waals surface area contributed by atoms with Crippen molar-refractivity contribution < 1.29 is 27.5 Å². The molecule has 2 aliphatic heterocycles. The van der Waals surface area contributed by atoms with Crippen LogP contribution in [-0.4, -0.2) is 81.1 Å². The first-order valence-electron chi connectivity index (χ1n) is 10.5. The topological polar surface area (TPSA) is 143 Å².